The molecule has 2 nitrogen and oxygen atoms in total. The third-order valence-electron chi connectivity index (χ3n) is 2.69. The molecule has 0 spiro atoms. The maximum atomic E-state index is 3.58. The fraction of sp³-hybridized carbons (Fsp3) is 0.455. The molecule has 1 N–H and O–H groups in total. The molecule has 76 valence electrons. The Morgan fingerprint density at radius 2 is 2.29 bits per heavy atom. The van der Waals surface area contributed by atoms with E-state index in [1.165, 1.54) is 17.8 Å². The Balaban J connectivity index is 2.46. The van der Waals surface area contributed by atoms with Crippen LogP contribution in [0.4, 0.5) is 11.4 Å². The predicted molar refractivity (Wildman–Crippen MR) is 65.1 cm³/mol. The summed E-state index contributed by atoms with van der Waals surface area (Å²) in [4.78, 5) is 2.30. The first kappa shape index (κ1) is 9.84. The largest absolute Gasteiger partial charge is 0.380 e. The van der Waals surface area contributed by atoms with Crippen LogP contribution in [-0.4, -0.2) is 19.6 Å². The van der Waals surface area contributed by atoms with Gasteiger partial charge in [0.1, 0.15) is 0 Å². The number of rotatable bonds is 0. The van der Waals surface area contributed by atoms with E-state index < -0.39 is 0 Å². The lowest BCUT2D eigenvalue weighted by molar-refractivity contribution is 0.711. The van der Waals surface area contributed by atoms with Crippen LogP contribution in [-0.2, 0) is 0 Å². The first-order valence-corrected chi connectivity index (χ1v) is 5.74. The summed E-state index contributed by atoms with van der Waals surface area (Å²) in [6.07, 6.45) is 1.18. The van der Waals surface area contributed by atoms with Gasteiger partial charge in [-0.1, -0.05) is 6.07 Å². The number of fused-ring (bicyclic) bond motifs is 1. The van der Waals surface area contributed by atoms with Crippen LogP contribution >= 0.6 is 15.9 Å². The highest BCUT2D eigenvalue weighted by atomic mass is 79.9. The Morgan fingerprint density at radius 3 is 3.07 bits per heavy atom. The van der Waals surface area contributed by atoms with Crippen molar-refractivity contribution in [1.82, 2.24) is 0 Å². The zero-order chi connectivity index (χ0) is 10.1. The van der Waals surface area contributed by atoms with Crippen LogP contribution in [0.3, 0.4) is 0 Å². The van der Waals surface area contributed by atoms with E-state index in [9.17, 15) is 0 Å². The highest BCUT2D eigenvalue weighted by molar-refractivity contribution is 9.10. The van der Waals surface area contributed by atoms with Crippen molar-refractivity contribution < 1.29 is 0 Å². The van der Waals surface area contributed by atoms with Crippen molar-refractivity contribution in [2.45, 2.75) is 19.4 Å². The van der Waals surface area contributed by atoms with Crippen LogP contribution in [0, 0.1) is 0 Å². The van der Waals surface area contributed by atoms with E-state index in [-0.39, 0.29) is 0 Å². The first-order chi connectivity index (χ1) is 6.68. The van der Waals surface area contributed by atoms with Crippen molar-refractivity contribution in [2.24, 2.45) is 0 Å². The van der Waals surface area contributed by atoms with Gasteiger partial charge in [0, 0.05) is 24.1 Å². The van der Waals surface area contributed by atoms with E-state index in [2.05, 4.69) is 58.3 Å². The molecule has 1 aromatic carbocycles. The number of para-hydroxylation sites is 1. The molecule has 0 amide bonds. The molecule has 1 aromatic rings. The predicted octanol–water partition coefficient (Wildman–Crippen LogP) is 3.09. The SMILES string of the molecule is CC1CCN(C)c2cccc(Br)c2N1. The third-order valence-corrected chi connectivity index (χ3v) is 3.35. The van der Waals surface area contributed by atoms with Gasteiger partial charge in [-0.05, 0) is 41.4 Å². The summed E-state index contributed by atoms with van der Waals surface area (Å²) in [5.74, 6) is 0. The van der Waals surface area contributed by atoms with E-state index in [0.29, 0.717) is 6.04 Å². The molecule has 0 bridgehead atoms. The molecule has 2 rings (SSSR count). The summed E-state index contributed by atoms with van der Waals surface area (Å²) in [5, 5.41) is 3.53. The van der Waals surface area contributed by atoms with Crippen molar-refractivity contribution in [3.8, 4) is 0 Å². The van der Waals surface area contributed by atoms with Gasteiger partial charge in [0.25, 0.3) is 0 Å². The number of nitrogens with one attached hydrogen (secondary N) is 1. The molecule has 0 radical (unpaired) electrons. The van der Waals surface area contributed by atoms with Crippen molar-refractivity contribution in [3.63, 3.8) is 0 Å². The van der Waals surface area contributed by atoms with Gasteiger partial charge < -0.3 is 10.2 Å². The monoisotopic (exact) mass is 254 g/mol. The van der Waals surface area contributed by atoms with Gasteiger partial charge in [-0.3, -0.25) is 0 Å². The molecule has 0 fully saturated rings. The number of anilines is 2. The summed E-state index contributed by atoms with van der Waals surface area (Å²) < 4.78 is 1.15. The zero-order valence-corrected chi connectivity index (χ0v) is 10.1. The average Bonchev–Trinajstić information content (AvgIpc) is 2.30. The van der Waals surface area contributed by atoms with Gasteiger partial charge in [0.2, 0.25) is 0 Å². The lowest BCUT2D eigenvalue weighted by Crippen LogP contribution is -2.19. The maximum Gasteiger partial charge on any atom is 0.0724 e. The Labute approximate surface area is 93.4 Å². The fourth-order valence-electron chi connectivity index (χ4n) is 1.80. The second-order valence-corrected chi connectivity index (χ2v) is 4.74. The Hall–Kier alpha value is -0.700. The Kier molecular flexibility index (Phi) is 2.68. The second-order valence-electron chi connectivity index (χ2n) is 3.89. The number of nitrogens with zero attached hydrogens (tertiary/aromatic N) is 1. The van der Waals surface area contributed by atoms with Crippen LogP contribution in [0.5, 0.6) is 0 Å². The Bertz CT molecular complexity index is 338. The second kappa shape index (κ2) is 3.81. The highest BCUT2D eigenvalue weighted by Crippen LogP contribution is 2.35. The number of hydrogen-bond acceptors (Lipinski definition) is 2. The average molecular weight is 255 g/mol. The van der Waals surface area contributed by atoms with Crippen LogP contribution < -0.4 is 10.2 Å². The first-order valence-electron chi connectivity index (χ1n) is 4.94. The van der Waals surface area contributed by atoms with Crippen LogP contribution in [0.15, 0.2) is 22.7 Å². The minimum Gasteiger partial charge on any atom is -0.380 e. The quantitative estimate of drug-likeness (QED) is 0.766. The smallest absolute Gasteiger partial charge is 0.0724 e. The lowest BCUT2D eigenvalue weighted by Gasteiger charge is -2.19. The number of benzene rings is 1. The topological polar surface area (TPSA) is 15.3 Å². The molecule has 3 heteroatoms. The highest BCUT2D eigenvalue weighted by Gasteiger charge is 2.17. The minimum atomic E-state index is 0.539. The van der Waals surface area contributed by atoms with E-state index in [4.69, 9.17) is 0 Å². The molecular weight excluding hydrogens is 240 g/mol. The number of hydrogen-bond donors (Lipinski definition) is 1. The molecule has 0 aliphatic carbocycles. The molecule has 0 saturated carbocycles. The van der Waals surface area contributed by atoms with Crippen molar-refractivity contribution in [1.29, 1.82) is 0 Å². The normalized spacial score (nSPS) is 21.1. The van der Waals surface area contributed by atoms with Crippen molar-refractivity contribution in [2.75, 3.05) is 23.8 Å². The van der Waals surface area contributed by atoms with E-state index in [0.717, 1.165) is 11.0 Å². The fourth-order valence-corrected chi connectivity index (χ4v) is 2.27. The van der Waals surface area contributed by atoms with Crippen LogP contribution in [0.25, 0.3) is 0 Å². The minimum absolute atomic E-state index is 0.539. The summed E-state index contributed by atoms with van der Waals surface area (Å²) in [6.45, 7) is 3.33. The summed E-state index contributed by atoms with van der Waals surface area (Å²) in [5.41, 5.74) is 2.50. The van der Waals surface area contributed by atoms with Gasteiger partial charge in [-0.25, -0.2) is 0 Å². The van der Waals surface area contributed by atoms with Gasteiger partial charge in [0.05, 0.1) is 11.4 Å². The third kappa shape index (κ3) is 1.73. The molecule has 1 atom stereocenters. The molecule has 0 saturated heterocycles. The van der Waals surface area contributed by atoms with Gasteiger partial charge in [0.15, 0.2) is 0 Å². The zero-order valence-electron chi connectivity index (χ0n) is 8.55. The van der Waals surface area contributed by atoms with Crippen molar-refractivity contribution >= 4 is 27.3 Å². The molecular formula is C11H15BrN2. The maximum absolute atomic E-state index is 3.58. The van der Waals surface area contributed by atoms with Crippen LogP contribution in [0.2, 0.25) is 0 Å². The molecule has 1 heterocycles. The van der Waals surface area contributed by atoms with E-state index in [1.54, 1.807) is 0 Å². The summed E-state index contributed by atoms with van der Waals surface area (Å²) in [7, 11) is 2.14. The number of halogens is 1. The van der Waals surface area contributed by atoms with Crippen molar-refractivity contribution in [3.05, 3.63) is 22.7 Å². The molecule has 1 unspecified atom stereocenters. The molecule has 0 aromatic heterocycles. The van der Waals surface area contributed by atoms with Gasteiger partial charge in [-0.15, -0.1) is 0 Å². The molecule has 1 aliphatic rings. The standard InChI is InChI=1S/C11H15BrN2/c1-8-6-7-14(2)10-5-3-4-9(12)11(10)13-8/h3-5,8,13H,6-7H2,1-2H3. The van der Waals surface area contributed by atoms with Gasteiger partial charge >= 0.3 is 0 Å². The van der Waals surface area contributed by atoms with Crippen LogP contribution in [0.1, 0.15) is 13.3 Å². The van der Waals surface area contributed by atoms with Gasteiger partial charge in [-0.2, -0.15) is 0 Å². The Morgan fingerprint density at radius 1 is 1.50 bits per heavy atom. The van der Waals surface area contributed by atoms with E-state index in [1.807, 2.05) is 0 Å². The molecule has 14 heavy (non-hydrogen) atoms. The lowest BCUT2D eigenvalue weighted by atomic mass is 10.2. The van der Waals surface area contributed by atoms with E-state index >= 15 is 0 Å². The molecule has 1 aliphatic heterocycles. The summed E-state index contributed by atoms with van der Waals surface area (Å²) >= 11 is 3.58. The summed E-state index contributed by atoms with van der Waals surface area (Å²) in [6, 6.07) is 6.86.